The maximum atomic E-state index is 8.17. The molecule has 0 atom stereocenters. The fourth-order valence-electron chi connectivity index (χ4n) is 0.451. The van der Waals surface area contributed by atoms with Gasteiger partial charge in [-0.1, -0.05) is 24.3 Å². The smallest absolute Gasteiger partial charge is 0.100 e. The molecule has 0 aromatic carbocycles. The van der Waals surface area contributed by atoms with Gasteiger partial charge in [-0.15, -0.1) is 0 Å². The molecule has 1 rings (SSSR count). The Balaban J connectivity index is 0.000000183. The Labute approximate surface area is 66.3 Å². The predicted molar refractivity (Wildman–Crippen MR) is 43.1 cm³/mol. The molecular weight excluding hydrogens is 144 g/mol. The molecule has 0 spiro atoms. The zero-order chi connectivity index (χ0) is 8.53. The summed E-state index contributed by atoms with van der Waals surface area (Å²) in [5, 5.41) is 24.0. The first-order chi connectivity index (χ1) is 5.31. The van der Waals surface area contributed by atoms with Crippen molar-refractivity contribution in [1.82, 2.24) is 0 Å². The summed E-state index contributed by atoms with van der Waals surface area (Å²) in [6.45, 7) is -0.729. The molecule has 0 aromatic heterocycles. The lowest BCUT2D eigenvalue weighted by Crippen LogP contribution is -2.15. The summed E-state index contributed by atoms with van der Waals surface area (Å²) in [4.78, 5) is 0. The van der Waals surface area contributed by atoms with Crippen LogP contribution in [0.3, 0.4) is 0 Å². The van der Waals surface area contributed by atoms with Crippen molar-refractivity contribution in [2.24, 2.45) is 0 Å². The van der Waals surface area contributed by atoms with Crippen LogP contribution in [0, 0.1) is 0 Å². The third-order valence-corrected chi connectivity index (χ3v) is 1.08. The highest BCUT2D eigenvalue weighted by molar-refractivity contribution is 5.11. The van der Waals surface area contributed by atoms with Gasteiger partial charge in [0.2, 0.25) is 0 Å². The van der Waals surface area contributed by atoms with E-state index in [0.29, 0.717) is 0 Å². The van der Waals surface area contributed by atoms with Crippen LogP contribution in [0.1, 0.15) is 6.42 Å². The molecular formula is C8H14O3. The van der Waals surface area contributed by atoms with Crippen LogP contribution in [0.25, 0.3) is 0 Å². The third kappa shape index (κ3) is 7.25. The van der Waals surface area contributed by atoms with Crippen molar-refractivity contribution in [2.45, 2.75) is 12.5 Å². The van der Waals surface area contributed by atoms with Crippen LogP contribution in [-0.4, -0.2) is 34.6 Å². The van der Waals surface area contributed by atoms with Crippen LogP contribution < -0.4 is 0 Å². The highest BCUT2D eigenvalue weighted by Gasteiger charge is 1.93. The van der Waals surface area contributed by atoms with E-state index in [9.17, 15) is 0 Å². The number of hydrogen-bond donors (Lipinski definition) is 3. The second kappa shape index (κ2) is 7.47. The first-order valence-electron chi connectivity index (χ1n) is 3.52. The average Bonchev–Trinajstić information content (AvgIpc) is 2.60. The molecule has 0 heterocycles. The van der Waals surface area contributed by atoms with Crippen LogP contribution in [0.2, 0.25) is 0 Å². The van der Waals surface area contributed by atoms with E-state index in [2.05, 4.69) is 24.3 Å². The van der Waals surface area contributed by atoms with Crippen LogP contribution in [0.4, 0.5) is 0 Å². The SMILES string of the molecule is C1=CCC=C1.OCC(O)CO. The molecule has 0 amide bonds. The van der Waals surface area contributed by atoms with E-state index in [-0.39, 0.29) is 13.2 Å². The Kier molecular flexibility index (Phi) is 7.03. The van der Waals surface area contributed by atoms with E-state index in [4.69, 9.17) is 15.3 Å². The Morgan fingerprint density at radius 2 is 1.55 bits per heavy atom. The van der Waals surface area contributed by atoms with Gasteiger partial charge in [0.15, 0.2) is 0 Å². The molecule has 1 aliphatic rings. The minimum absolute atomic E-state index is 0.365. The number of allylic oxidation sites excluding steroid dienone is 4. The van der Waals surface area contributed by atoms with Crippen LogP contribution in [0.5, 0.6) is 0 Å². The molecule has 0 unspecified atom stereocenters. The van der Waals surface area contributed by atoms with Crippen LogP contribution >= 0.6 is 0 Å². The Morgan fingerprint density at radius 3 is 1.64 bits per heavy atom. The van der Waals surface area contributed by atoms with Gasteiger partial charge < -0.3 is 15.3 Å². The summed E-state index contributed by atoms with van der Waals surface area (Å²) < 4.78 is 0. The van der Waals surface area contributed by atoms with E-state index >= 15 is 0 Å². The number of aliphatic hydroxyl groups excluding tert-OH is 3. The van der Waals surface area contributed by atoms with Crippen molar-refractivity contribution in [3.63, 3.8) is 0 Å². The Morgan fingerprint density at radius 1 is 1.09 bits per heavy atom. The maximum Gasteiger partial charge on any atom is 0.100 e. The van der Waals surface area contributed by atoms with Gasteiger partial charge in [-0.2, -0.15) is 0 Å². The molecule has 3 N–H and O–H groups in total. The quantitative estimate of drug-likeness (QED) is 0.523. The van der Waals surface area contributed by atoms with Crippen LogP contribution in [-0.2, 0) is 0 Å². The fraction of sp³-hybridized carbons (Fsp3) is 0.500. The summed E-state index contributed by atoms with van der Waals surface area (Å²) in [5.41, 5.74) is 0. The number of rotatable bonds is 2. The molecule has 0 aliphatic heterocycles. The summed E-state index contributed by atoms with van der Waals surface area (Å²) in [6, 6.07) is 0. The molecule has 0 aromatic rings. The van der Waals surface area contributed by atoms with Gasteiger partial charge in [-0.3, -0.25) is 0 Å². The molecule has 64 valence electrons. The van der Waals surface area contributed by atoms with Crippen molar-refractivity contribution in [2.75, 3.05) is 13.2 Å². The lowest BCUT2D eigenvalue weighted by Gasteiger charge is -1.96. The standard InChI is InChI=1S/C5H6.C3H8O3/c1-2-4-5-3-1;4-1-3(6)2-5/h1-4H,5H2;3-6H,1-2H2. The highest BCUT2D eigenvalue weighted by atomic mass is 16.3. The van der Waals surface area contributed by atoms with Crippen molar-refractivity contribution in [1.29, 1.82) is 0 Å². The molecule has 0 fully saturated rings. The lowest BCUT2D eigenvalue weighted by atomic mass is 10.4. The molecule has 1 aliphatic carbocycles. The van der Waals surface area contributed by atoms with E-state index < -0.39 is 6.10 Å². The fourth-order valence-corrected chi connectivity index (χ4v) is 0.451. The summed E-state index contributed by atoms with van der Waals surface area (Å²) in [7, 11) is 0. The van der Waals surface area contributed by atoms with E-state index in [1.807, 2.05) is 0 Å². The minimum Gasteiger partial charge on any atom is -0.394 e. The lowest BCUT2D eigenvalue weighted by molar-refractivity contribution is 0.0450. The van der Waals surface area contributed by atoms with Crippen molar-refractivity contribution < 1.29 is 15.3 Å². The van der Waals surface area contributed by atoms with Crippen molar-refractivity contribution in [3.8, 4) is 0 Å². The molecule has 0 saturated heterocycles. The third-order valence-electron chi connectivity index (χ3n) is 1.08. The van der Waals surface area contributed by atoms with E-state index in [0.717, 1.165) is 6.42 Å². The monoisotopic (exact) mass is 158 g/mol. The van der Waals surface area contributed by atoms with E-state index in [1.165, 1.54) is 0 Å². The molecule has 0 radical (unpaired) electrons. The van der Waals surface area contributed by atoms with Crippen LogP contribution in [0.15, 0.2) is 24.3 Å². The highest BCUT2D eigenvalue weighted by Crippen LogP contribution is 1.93. The zero-order valence-electron chi connectivity index (χ0n) is 6.35. The first kappa shape index (κ1) is 10.4. The summed E-state index contributed by atoms with van der Waals surface area (Å²) in [5.74, 6) is 0. The van der Waals surface area contributed by atoms with Gasteiger partial charge in [-0.25, -0.2) is 0 Å². The largest absolute Gasteiger partial charge is 0.394 e. The van der Waals surface area contributed by atoms with Gasteiger partial charge >= 0.3 is 0 Å². The molecule has 0 bridgehead atoms. The summed E-state index contributed by atoms with van der Waals surface area (Å²) >= 11 is 0. The number of aliphatic hydroxyl groups is 3. The average molecular weight is 158 g/mol. The predicted octanol–water partition coefficient (Wildman–Crippen LogP) is -0.166. The first-order valence-corrected chi connectivity index (χ1v) is 3.52. The van der Waals surface area contributed by atoms with Crippen molar-refractivity contribution >= 4 is 0 Å². The second-order valence-corrected chi connectivity index (χ2v) is 2.11. The Bertz CT molecular complexity index is 115. The minimum atomic E-state index is -0.954. The van der Waals surface area contributed by atoms with Gasteiger partial charge in [0.25, 0.3) is 0 Å². The number of hydrogen-bond acceptors (Lipinski definition) is 3. The van der Waals surface area contributed by atoms with Gasteiger partial charge in [0, 0.05) is 0 Å². The maximum absolute atomic E-state index is 8.17. The van der Waals surface area contributed by atoms with E-state index in [1.54, 1.807) is 0 Å². The molecule has 0 saturated carbocycles. The zero-order valence-corrected chi connectivity index (χ0v) is 6.35. The van der Waals surface area contributed by atoms with Gasteiger partial charge in [0.1, 0.15) is 6.10 Å². The second-order valence-electron chi connectivity index (χ2n) is 2.11. The van der Waals surface area contributed by atoms with Gasteiger partial charge in [-0.05, 0) is 6.42 Å². The Hall–Kier alpha value is -0.640. The normalized spacial score (nSPS) is 13.5. The topological polar surface area (TPSA) is 60.7 Å². The summed E-state index contributed by atoms with van der Waals surface area (Å²) in [6.07, 6.45) is 8.55. The van der Waals surface area contributed by atoms with Crippen molar-refractivity contribution in [3.05, 3.63) is 24.3 Å². The molecule has 11 heavy (non-hydrogen) atoms. The van der Waals surface area contributed by atoms with Gasteiger partial charge in [0.05, 0.1) is 13.2 Å². The molecule has 3 nitrogen and oxygen atoms in total. The molecule has 3 heteroatoms.